The number of carbonyl (C=O) groups excluding carboxylic acids is 1. The molecule has 0 saturated heterocycles. The van der Waals surface area contributed by atoms with E-state index >= 15 is 0 Å². The van der Waals surface area contributed by atoms with Gasteiger partial charge in [0.1, 0.15) is 11.8 Å². The van der Waals surface area contributed by atoms with E-state index in [0.717, 1.165) is 0 Å². The van der Waals surface area contributed by atoms with Crippen molar-refractivity contribution in [3.05, 3.63) is 24.2 Å². The lowest BCUT2D eigenvalue weighted by atomic mass is 10.1. The van der Waals surface area contributed by atoms with Crippen LogP contribution >= 0.6 is 0 Å². The first-order chi connectivity index (χ1) is 8.85. The van der Waals surface area contributed by atoms with Gasteiger partial charge in [0.15, 0.2) is 0 Å². The number of rotatable bonds is 7. The summed E-state index contributed by atoms with van der Waals surface area (Å²) < 4.78 is 30.6. The van der Waals surface area contributed by atoms with Gasteiger partial charge in [-0.3, -0.25) is 4.79 Å². The van der Waals surface area contributed by atoms with Crippen molar-refractivity contribution < 1.29 is 17.6 Å². The van der Waals surface area contributed by atoms with E-state index in [-0.39, 0.29) is 24.1 Å². The molecular weight excluding hydrogens is 268 g/mol. The highest BCUT2D eigenvalue weighted by Gasteiger charge is 2.26. The Hall–Kier alpha value is -1.34. The minimum atomic E-state index is -3.42. The highest BCUT2D eigenvalue weighted by atomic mass is 32.2. The van der Waals surface area contributed by atoms with Gasteiger partial charge in [0.2, 0.25) is 15.9 Å². The molecule has 6 nitrogen and oxygen atoms in total. The first kappa shape index (κ1) is 15.7. The van der Waals surface area contributed by atoms with Crippen LogP contribution in [-0.2, 0) is 21.4 Å². The number of hydrogen-bond donors (Lipinski definition) is 2. The monoisotopic (exact) mass is 288 g/mol. The maximum Gasteiger partial charge on any atom is 0.238 e. The molecule has 0 radical (unpaired) electrons. The van der Waals surface area contributed by atoms with E-state index in [1.165, 1.54) is 13.2 Å². The van der Waals surface area contributed by atoms with Gasteiger partial charge in [0.25, 0.3) is 0 Å². The molecule has 7 heteroatoms. The van der Waals surface area contributed by atoms with E-state index in [2.05, 4.69) is 10.0 Å². The molecule has 2 N–H and O–H groups in total. The Morgan fingerprint density at radius 3 is 2.58 bits per heavy atom. The van der Waals surface area contributed by atoms with Gasteiger partial charge in [0, 0.05) is 0 Å². The maximum absolute atomic E-state index is 12.0. The fourth-order valence-electron chi connectivity index (χ4n) is 1.47. The largest absolute Gasteiger partial charge is 0.467 e. The number of hydrogen-bond acceptors (Lipinski definition) is 4. The van der Waals surface area contributed by atoms with Crippen molar-refractivity contribution >= 4 is 15.9 Å². The molecule has 0 spiro atoms. The molecule has 0 aliphatic carbocycles. The van der Waals surface area contributed by atoms with Crippen LogP contribution in [0.5, 0.6) is 0 Å². The molecule has 0 aromatic carbocycles. The Bertz CT molecular complexity index is 494. The van der Waals surface area contributed by atoms with Gasteiger partial charge in [0.05, 0.1) is 18.6 Å². The first-order valence-electron chi connectivity index (χ1n) is 6.16. The summed E-state index contributed by atoms with van der Waals surface area (Å²) in [5.41, 5.74) is 0. The van der Waals surface area contributed by atoms with Gasteiger partial charge >= 0.3 is 0 Å². The molecule has 1 amide bonds. The van der Waals surface area contributed by atoms with Crippen molar-refractivity contribution in [3.63, 3.8) is 0 Å². The summed E-state index contributed by atoms with van der Waals surface area (Å²) in [7, 11) is -3.42. The Labute approximate surface area is 113 Å². The summed E-state index contributed by atoms with van der Waals surface area (Å²) in [5.74, 6) is 0.0670. The van der Waals surface area contributed by atoms with Crippen LogP contribution in [0.15, 0.2) is 22.8 Å². The number of nitrogens with one attached hydrogen (secondary N) is 2. The average Bonchev–Trinajstić information content (AvgIpc) is 2.86. The Kier molecular flexibility index (Phi) is 5.56. The zero-order valence-corrected chi connectivity index (χ0v) is 12.2. The number of carbonyl (C=O) groups is 1. The van der Waals surface area contributed by atoms with Gasteiger partial charge in [-0.15, -0.1) is 0 Å². The minimum Gasteiger partial charge on any atom is -0.467 e. The lowest BCUT2D eigenvalue weighted by Crippen LogP contribution is -2.49. The summed E-state index contributed by atoms with van der Waals surface area (Å²) in [6.45, 7) is 5.34. The topological polar surface area (TPSA) is 88.4 Å². The van der Waals surface area contributed by atoms with Gasteiger partial charge < -0.3 is 9.73 Å². The van der Waals surface area contributed by atoms with Crippen molar-refractivity contribution in [2.45, 2.75) is 33.4 Å². The maximum atomic E-state index is 12.0. The second kappa shape index (κ2) is 6.72. The molecule has 0 aliphatic heterocycles. The van der Waals surface area contributed by atoms with E-state index in [9.17, 15) is 13.2 Å². The fourth-order valence-corrected chi connectivity index (χ4v) is 2.40. The predicted octanol–water partition coefficient (Wildman–Crippen LogP) is 0.860. The lowest BCUT2D eigenvalue weighted by molar-refractivity contribution is -0.123. The van der Waals surface area contributed by atoms with Crippen LogP contribution in [0.4, 0.5) is 0 Å². The van der Waals surface area contributed by atoms with Crippen LogP contribution in [0.3, 0.4) is 0 Å². The molecule has 0 fully saturated rings. The molecule has 1 aromatic rings. The van der Waals surface area contributed by atoms with Gasteiger partial charge in [-0.1, -0.05) is 13.8 Å². The Morgan fingerprint density at radius 2 is 2.11 bits per heavy atom. The fraction of sp³-hybridized carbons (Fsp3) is 0.583. The van der Waals surface area contributed by atoms with E-state index in [4.69, 9.17) is 4.42 Å². The highest BCUT2D eigenvalue weighted by molar-refractivity contribution is 7.89. The molecule has 1 aromatic heterocycles. The zero-order chi connectivity index (χ0) is 14.5. The van der Waals surface area contributed by atoms with Crippen molar-refractivity contribution in [1.82, 2.24) is 10.0 Å². The van der Waals surface area contributed by atoms with Crippen LogP contribution in [0.2, 0.25) is 0 Å². The van der Waals surface area contributed by atoms with Crippen molar-refractivity contribution in [2.75, 3.05) is 5.75 Å². The van der Waals surface area contributed by atoms with E-state index < -0.39 is 16.1 Å². The molecule has 1 atom stereocenters. The Morgan fingerprint density at radius 1 is 1.42 bits per heavy atom. The van der Waals surface area contributed by atoms with Crippen LogP contribution < -0.4 is 10.0 Å². The summed E-state index contributed by atoms with van der Waals surface area (Å²) in [4.78, 5) is 12.0. The third kappa shape index (κ3) is 5.04. The molecular formula is C12H20N2O4S. The van der Waals surface area contributed by atoms with E-state index in [1.807, 2.05) is 0 Å². The third-order valence-electron chi connectivity index (χ3n) is 2.65. The van der Waals surface area contributed by atoms with E-state index in [1.54, 1.807) is 26.0 Å². The van der Waals surface area contributed by atoms with Gasteiger partial charge in [-0.25, -0.2) is 13.1 Å². The van der Waals surface area contributed by atoms with Crippen molar-refractivity contribution in [1.29, 1.82) is 0 Å². The molecule has 19 heavy (non-hydrogen) atoms. The second-order valence-electron chi connectivity index (χ2n) is 4.54. The van der Waals surface area contributed by atoms with Crippen LogP contribution in [-0.4, -0.2) is 26.1 Å². The lowest BCUT2D eigenvalue weighted by Gasteiger charge is -2.20. The molecule has 1 heterocycles. The quantitative estimate of drug-likeness (QED) is 0.779. The third-order valence-corrected chi connectivity index (χ3v) is 4.03. The summed E-state index contributed by atoms with van der Waals surface area (Å²) >= 11 is 0. The SMILES string of the molecule is CCS(=O)(=O)N[C@@H](C(=O)NCc1ccco1)C(C)C. The molecule has 108 valence electrons. The predicted molar refractivity (Wildman–Crippen MR) is 71.8 cm³/mol. The number of amides is 1. The van der Waals surface area contributed by atoms with Crippen LogP contribution in [0, 0.1) is 5.92 Å². The molecule has 0 unspecified atom stereocenters. The Balaban J connectivity index is 2.63. The zero-order valence-electron chi connectivity index (χ0n) is 11.3. The van der Waals surface area contributed by atoms with E-state index in [0.29, 0.717) is 5.76 Å². The molecule has 1 rings (SSSR count). The summed E-state index contributed by atoms with van der Waals surface area (Å²) in [5, 5.41) is 2.65. The minimum absolute atomic E-state index is 0.0539. The standard InChI is InChI=1S/C12H20N2O4S/c1-4-19(16,17)14-11(9(2)3)12(15)13-8-10-6-5-7-18-10/h5-7,9,11,14H,4,8H2,1-3H3,(H,13,15)/t11-/m1/s1. The summed E-state index contributed by atoms with van der Waals surface area (Å²) in [6.07, 6.45) is 1.52. The molecule has 0 aliphatic rings. The van der Waals surface area contributed by atoms with Gasteiger partial charge in [-0.05, 0) is 25.0 Å². The van der Waals surface area contributed by atoms with Gasteiger partial charge in [-0.2, -0.15) is 0 Å². The number of furan rings is 1. The normalized spacial score (nSPS) is 13.5. The average molecular weight is 288 g/mol. The highest BCUT2D eigenvalue weighted by Crippen LogP contribution is 2.05. The van der Waals surface area contributed by atoms with Crippen molar-refractivity contribution in [2.24, 2.45) is 5.92 Å². The van der Waals surface area contributed by atoms with Crippen molar-refractivity contribution in [3.8, 4) is 0 Å². The van der Waals surface area contributed by atoms with Crippen LogP contribution in [0.25, 0.3) is 0 Å². The first-order valence-corrected chi connectivity index (χ1v) is 7.81. The number of sulfonamides is 1. The molecule has 0 saturated carbocycles. The van der Waals surface area contributed by atoms with Crippen LogP contribution in [0.1, 0.15) is 26.5 Å². The second-order valence-corrected chi connectivity index (χ2v) is 6.58. The molecule has 0 bridgehead atoms. The smallest absolute Gasteiger partial charge is 0.238 e. The summed E-state index contributed by atoms with van der Waals surface area (Å²) in [6, 6.07) is 2.68.